The number of anilines is 2. The van der Waals surface area contributed by atoms with Gasteiger partial charge in [-0.3, -0.25) is 0 Å². The maximum atomic E-state index is 13.9. The molecule has 0 saturated carbocycles. The summed E-state index contributed by atoms with van der Waals surface area (Å²) in [6.45, 7) is 3.54. The number of nitrogens with zero attached hydrogens (tertiary/aromatic N) is 2. The molecular weight excluding hydrogens is 275 g/mol. The summed E-state index contributed by atoms with van der Waals surface area (Å²) in [6.07, 6.45) is 1.34. The van der Waals surface area contributed by atoms with E-state index in [4.69, 9.17) is 11.5 Å². The van der Waals surface area contributed by atoms with Crippen LogP contribution in [-0.4, -0.2) is 23.0 Å². The predicted octanol–water partition coefficient (Wildman–Crippen LogP) is 1.88. The zero-order valence-corrected chi connectivity index (χ0v) is 11.3. The number of benzene rings is 1. The number of esters is 1. The quantitative estimate of drug-likeness (QED) is 0.660. The van der Waals surface area contributed by atoms with Crippen LogP contribution in [0.25, 0.3) is 17.5 Å². The lowest BCUT2D eigenvalue weighted by atomic mass is 10.1. The maximum Gasteiger partial charge on any atom is 0.357 e. The number of aromatic nitrogens is 2. The molecule has 0 aliphatic carbocycles. The summed E-state index contributed by atoms with van der Waals surface area (Å²) in [4.78, 5) is 19.7. The van der Waals surface area contributed by atoms with Crippen molar-refractivity contribution >= 4 is 23.6 Å². The summed E-state index contributed by atoms with van der Waals surface area (Å²) in [6, 6.07) is 4.04. The first-order chi connectivity index (χ1) is 9.97. The fraction of sp³-hybridized carbons (Fsp3) is 0.0714. The van der Waals surface area contributed by atoms with Gasteiger partial charge in [-0.25, -0.2) is 19.2 Å². The Morgan fingerprint density at radius 3 is 2.67 bits per heavy atom. The molecule has 2 aromatic rings. The van der Waals surface area contributed by atoms with Crippen molar-refractivity contribution in [3.63, 3.8) is 0 Å². The lowest BCUT2D eigenvalue weighted by Gasteiger charge is -2.09. The van der Waals surface area contributed by atoms with Gasteiger partial charge in [0.1, 0.15) is 11.6 Å². The minimum absolute atomic E-state index is 0.00613. The molecule has 0 bridgehead atoms. The highest BCUT2D eigenvalue weighted by Gasteiger charge is 2.19. The van der Waals surface area contributed by atoms with Gasteiger partial charge in [0.25, 0.3) is 0 Å². The van der Waals surface area contributed by atoms with Crippen LogP contribution >= 0.6 is 0 Å². The lowest BCUT2D eigenvalue weighted by molar-refractivity contribution is 0.0593. The number of halogens is 1. The summed E-state index contributed by atoms with van der Waals surface area (Å²) in [5, 5.41) is 0. The molecular formula is C14H13FN4O2. The van der Waals surface area contributed by atoms with E-state index in [0.29, 0.717) is 0 Å². The number of methoxy groups -OCH3 is 1. The minimum Gasteiger partial charge on any atom is -0.464 e. The molecule has 2 rings (SSSR count). The molecule has 108 valence electrons. The smallest absolute Gasteiger partial charge is 0.357 e. The van der Waals surface area contributed by atoms with Crippen LogP contribution in [0.3, 0.4) is 0 Å². The largest absolute Gasteiger partial charge is 0.464 e. The van der Waals surface area contributed by atoms with Crippen molar-refractivity contribution in [3.05, 3.63) is 41.9 Å². The Morgan fingerprint density at radius 1 is 1.38 bits per heavy atom. The molecule has 0 radical (unpaired) electrons. The van der Waals surface area contributed by atoms with Gasteiger partial charge in [-0.2, -0.15) is 0 Å². The van der Waals surface area contributed by atoms with Crippen molar-refractivity contribution < 1.29 is 13.9 Å². The Labute approximate surface area is 120 Å². The number of rotatable bonds is 3. The van der Waals surface area contributed by atoms with Gasteiger partial charge in [-0.1, -0.05) is 12.7 Å². The molecule has 6 nitrogen and oxygen atoms in total. The first-order valence-electron chi connectivity index (χ1n) is 5.91. The number of hydrogen-bond acceptors (Lipinski definition) is 6. The normalized spacial score (nSPS) is 10.2. The fourth-order valence-corrected chi connectivity index (χ4v) is 1.77. The van der Waals surface area contributed by atoms with Crippen LogP contribution in [0.15, 0.2) is 24.8 Å². The van der Waals surface area contributed by atoms with Gasteiger partial charge in [0.05, 0.1) is 12.7 Å². The molecule has 7 heteroatoms. The van der Waals surface area contributed by atoms with E-state index < -0.39 is 11.8 Å². The van der Waals surface area contributed by atoms with E-state index in [-0.39, 0.29) is 34.2 Å². The molecule has 0 saturated heterocycles. The van der Waals surface area contributed by atoms with E-state index in [1.165, 1.54) is 25.3 Å². The molecule has 0 spiro atoms. The van der Waals surface area contributed by atoms with Crippen LogP contribution < -0.4 is 11.5 Å². The Bertz CT molecular complexity index is 731. The summed E-state index contributed by atoms with van der Waals surface area (Å²) in [7, 11) is 1.21. The van der Waals surface area contributed by atoms with Crippen molar-refractivity contribution in [2.24, 2.45) is 0 Å². The molecule has 1 heterocycles. The number of carbonyl (C=O) groups excluding carboxylic acids is 1. The molecule has 0 atom stereocenters. The number of hydrogen-bond donors (Lipinski definition) is 2. The second-order valence-electron chi connectivity index (χ2n) is 4.13. The zero-order chi connectivity index (χ0) is 15.6. The van der Waals surface area contributed by atoms with E-state index in [0.717, 1.165) is 6.07 Å². The van der Waals surface area contributed by atoms with Gasteiger partial charge >= 0.3 is 5.97 Å². The van der Waals surface area contributed by atoms with Gasteiger partial charge in [0.2, 0.25) is 0 Å². The molecule has 21 heavy (non-hydrogen) atoms. The van der Waals surface area contributed by atoms with E-state index >= 15 is 0 Å². The number of nitrogens with two attached hydrogens (primary N) is 2. The standard InChI is InChI=1S/C14H13FN4O2/c1-3-8-11(14(20)21-2)18-13(19-12(8)17)9-5-4-7(16)6-10(9)15/h3-6H,1,16H2,2H3,(H2,17,18,19). The van der Waals surface area contributed by atoms with Gasteiger partial charge in [0.15, 0.2) is 11.5 Å². The molecule has 1 aromatic heterocycles. The monoisotopic (exact) mass is 288 g/mol. The zero-order valence-electron chi connectivity index (χ0n) is 11.3. The van der Waals surface area contributed by atoms with Gasteiger partial charge < -0.3 is 16.2 Å². The molecule has 1 aromatic carbocycles. The molecule has 0 aliphatic heterocycles. The summed E-state index contributed by atoms with van der Waals surface area (Å²) in [5.41, 5.74) is 11.8. The Balaban J connectivity index is 2.68. The van der Waals surface area contributed by atoms with Crippen LogP contribution in [0.5, 0.6) is 0 Å². The highest BCUT2D eigenvalue weighted by molar-refractivity contribution is 5.93. The van der Waals surface area contributed by atoms with Crippen molar-refractivity contribution in [1.82, 2.24) is 9.97 Å². The van der Waals surface area contributed by atoms with Crippen LogP contribution in [0.2, 0.25) is 0 Å². The third-order valence-electron chi connectivity index (χ3n) is 2.79. The molecule has 0 aliphatic rings. The fourth-order valence-electron chi connectivity index (χ4n) is 1.77. The number of ether oxygens (including phenoxy) is 1. The van der Waals surface area contributed by atoms with Crippen LogP contribution in [0.1, 0.15) is 16.1 Å². The van der Waals surface area contributed by atoms with Crippen molar-refractivity contribution in [3.8, 4) is 11.4 Å². The summed E-state index contributed by atoms with van der Waals surface area (Å²) in [5.74, 6) is -1.35. The van der Waals surface area contributed by atoms with Crippen molar-refractivity contribution in [1.29, 1.82) is 0 Å². The topological polar surface area (TPSA) is 104 Å². The Hall–Kier alpha value is -2.96. The van der Waals surface area contributed by atoms with Crippen LogP contribution in [-0.2, 0) is 4.74 Å². The molecule has 0 amide bonds. The molecule has 0 fully saturated rings. The third kappa shape index (κ3) is 2.66. The van der Waals surface area contributed by atoms with Gasteiger partial charge in [0, 0.05) is 11.3 Å². The predicted molar refractivity (Wildman–Crippen MR) is 77.7 cm³/mol. The van der Waals surface area contributed by atoms with Crippen molar-refractivity contribution in [2.75, 3.05) is 18.6 Å². The average Bonchev–Trinajstić information content (AvgIpc) is 2.45. The second-order valence-corrected chi connectivity index (χ2v) is 4.13. The number of nitrogen functional groups attached to an aromatic ring is 2. The Morgan fingerprint density at radius 2 is 2.10 bits per heavy atom. The summed E-state index contributed by atoms with van der Waals surface area (Å²) < 4.78 is 18.6. The van der Waals surface area contributed by atoms with Gasteiger partial charge in [-0.05, 0) is 18.2 Å². The SMILES string of the molecule is C=Cc1c(N)nc(-c2ccc(N)cc2F)nc1C(=O)OC. The highest BCUT2D eigenvalue weighted by atomic mass is 19.1. The van der Waals surface area contributed by atoms with E-state index in [2.05, 4.69) is 21.3 Å². The van der Waals surface area contributed by atoms with Crippen LogP contribution in [0.4, 0.5) is 15.9 Å². The molecule has 4 N–H and O–H groups in total. The van der Waals surface area contributed by atoms with E-state index in [9.17, 15) is 9.18 Å². The number of carbonyl (C=O) groups is 1. The van der Waals surface area contributed by atoms with Gasteiger partial charge in [-0.15, -0.1) is 0 Å². The van der Waals surface area contributed by atoms with Crippen LogP contribution in [0, 0.1) is 5.82 Å². The Kier molecular flexibility index (Phi) is 3.84. The minimum atomic E-state index is -0.712. The third-order valence-corrected chi connectivity index (χ3v) is 2.79. The average molecular weight is 288 g/mol. The maximum absolute atomic E-state index is 13.9. The van der Waals surface area contributed by atoms with E-state index in [1.807, 2.05) is 0 Å². The first-order valence-corrected chi connectivity index (χ1v) is 5.91. The van der Waals surface area contributed by atoms with Crippen molar-refractivity contribution in [2.45, 2.75) is 0 Å². The second kappa shape index (κ2) is 5.58. The first kappa shape index (κ1) is 14.4. The van der Waals surface area contributed by atoms with E-state index in [1.54, 1.807) is 0 Å². The lowest BCUT2D eigenvalue weighted by Crippen LogP contribution is -2.12. The summed E-state index contributed by atoms with van der Waals surface area (Å²) >= 11 is 0. The molecule has 0 unspecified atom stereocenters. The highest BCUT2D eigenvalue weighted by Crippen LogP contribution is 2.25.